The van der Waals surface area contributed by atoms with Crippen molar-refractivity contribution in [2.45, 2.75) is 26.3 Å². The van der Waals surface area contributed by atoms with Crippen LogP contribution >= 0.6 is 11.6 Å². The standard InChI is InChI=1S/C16H17ClN2O4/c1-9(8-13(20)22-3)18-16(21)14-10(2)23-19-15(14)11-6-4-5-7-12(11)17/h4-7,9H,8H2,1-3H3,(H,18,21). The number of aromatic nitrogens is 1. The van der Waals surface area contributed by atoms with Crippen LogP contribution in [0.5, 0.6) is 0 Å². The Morgan fingerprint density at radius 3 is 2.74 bits per heavy atom. The molecule has 1 heterocycles. The molecular formula is C16H17ClN2O4. The molecule has 6 nitrogen and oxygen atoms in total. The van der Waals surface area contributed by atoms with Crippen molar-refractivity contribution >= 4 is 23.5 Å². The zero-order valence-corrected chi connectivity index (χ0v) is 13.8. The van der Waals surface area contributed by atoms with E-state index in [2.05, 4.69) is 15.2 Å². The summed E-state index contributed by atoms with van der Waals surface area (Å²) >= 11 is 6.16. The van der Waals surface area contributed by atoms with Gasteiger partial charge >= 0.3 is 5.97 Å². The second kappa shape index (κ2) is 7.28. The van der Waals surface area contributed by atoms with Crippen LogP contribution in [0.15, 0.2) is 28.8 Å². The average molecular weight is 337 g/mol. The second-order valence-electron chi connectivity index (χ2n) is 5.10. The Morgan fingerprint density at radius 2 is 2.09 bits per heavy atom. The van der Waals surface area contributed by atoms with E-state index in [-0.39, 0.29) is 18.4 Å². The fourth-order valence-corrected chi connectivity index (χ4v) is 2.38. The number of carbonyl (C=O) groups excluding carboxylic acids is 2. The lowest BCUT2D eigenvalue weighted by molar-refractivity contribution is -0.141. The lowest BCUT2D eigenvalue weighted by Crippen LogP contribution is -2.34. The number of nitrogens with zero attached hydrogens (tertiary/aromatic N) is 1. The van der Waals surface area contributed by atoms with Gasteiger partial charge in [-0.1, -0.05) is 35.0 Å². The van der Waals surface area contributed by atoms with Gasteiger partial charge in [0, 0.05) is 11.6 Å². The lowest BCUT2D eigenvalue weighted by Gasteiger charge is -2.12. The third-order valence-corrected chi connectivity index (χ3v) is 3.63. The molecule has 1 aromatic heterocycles. The van der Waals surface area contributed by atoms with Crippen LogP contribution in [0.1, 0.15) is 29.5 Å². The van der Waals surface area contributed by atoms with Gasteiger partial charge in [0.15, 0.2) is 0 Å². The van der Waals surface area contributed by atoms with Crippen LogP contribution in [0, 0.1) is 6.92 Å². The van der Waals surface area contributed by atoms with Crippen LogP contribution in [0.25, 0.3) is 11.3 Å². The van der Waals surface area contributed by atoms with Crippen LogP contribution in [-0.4, -0.2) is 30.2 Å². The first-order valence-electron chi connectivity index (χ1n) is 7.03. The molecule has 0 spiro atoms. The van der Waals surface area contributed by atoms with E-state index in [1.807, 2.05) is 0 Å². The number of ether oxygens (including phenoxy) is 1. The number of carbonyl (C=O) groups is 2. The number of rotatable bonds is 5. The van der Waals surface area contributed by atoms with Gasteiger partial charge in [0.2, 0.25) is 0 Å². The highest BCUT2D eigenvalue weighted by molar-refractivity contribution is 6.33. The molecule has 1 amide bonds. The predicted octanol–water partition coefficient (Wildman–Crippen LogP) is 2.98. The summed E-state index contributed by atoms with van der Waals surface area (Å²) in [4.78, 5) is 23.8. The molecule has 0 saturated carbocycles. The molecule has 1 atom stereocenters. The summed E-state index contributed by atoms with van der Waals surface area (Å²) in [6, 6.07) is 6.67. The molecule has 0 aliphatic heterocycles. The van der Waals surface area contributed by atoms with E-state index in [1.165, 1.54) is 7.11 Å². The zero-order valence-electron chi connectivity index (χ0n) is 13.1. The maximum Gasteiger partial charge on any atom is 0.307 e. The van der Waals surface area contributed by atoms with Crippen molar-refractivity contribution in [1.82, 2.24) is 10.5 Å². The minimum Gasteiger partial charge on any atom is -0.469 e. The fourth-order valence-electron chi connectivity index (χ4n) is 2.16. The minimum absolute atomic E-state index is 0.0774. The Balaban J connectivity index is 2.26. The van der Waals surface area contributed by atoms with Gasteiger partial charge in [-0.05, 0) is 19.9 Å². The maximum absolute atomic E-state index is 12.5. The van der Waals surface area contributed by atoms with E-state index in [0.717, 1.165) is 0 Å². The van der Waals surface area contributed by atoms with Crippen LogP contribution in [-0.2, 0) is 9.53 Å². The Hall–Kier alpha value is -2.34. The lowest BCUT2D eigenvalue weighted by atomic mass is 10.1. The Kier molecular flexibility index (Phi) is 5.39. The third-order valence-electron chi connectivity index (χ3n) is 3.30. The molecule has 0 saturated heterocycles. The van der Waals surface area contributed by atoms with Crippen LogP contribution < -0.4 is 5.32 Å². The number of hydrogen-bond donors (Lipinski definition) is 1. The first-order chi connectivity index (χ1) is 10.9. The normalized spacial score (nSPS) is 11.8. The summed E-state index contributed by atoms with van der Waals surface area (Å²) in [5.41, 5.74) is 1.28. The number of hydrogen-bond acceptors (Lipinski definition) is 5. The second-order valence-corrected chi connectivity index (χ2v) is 5.50. The Morgan fingerprint density at radius 1 is 1.39 bits per heavy atom. The summed E-state index contributed by atoms with van der Waals surface area (Å²) in [6.07, 6.45) is 0.0774. The van der Waals surface area contributed by atoms with Crippen molar-refractivity contribution in [2.24, 2.45) is 0 Å². The average Bonchev–Trinajstić information content (AvgIpc) is 2.89. The molecule has 7 heteroatoms. The largest absolute Gasteiger partial charge is 0.469 e. The molecule has 0 fully saturated rings. The van der Waals surface area contributed by atoms with Crippen molar-refractivity contribution in [3.63, 3.8) is 0 Å². The number of methoxy groups -OCH3 is 1. The highest BCUT2D eigenvalue weighted by atomic mass is 35.5. The van der Waals surface area contributed by atoms with Gasteiger partial charge in [0.25, 0.3) is 5.91 Å². The first-order valence-corrected chi connectivity index (χ1v) is 7.40. The zero-order chi connectivity index (χ0) is 17.0. The van der Waals surface area contributed by atoms with Gasteiger partial charge < -0.3 is 14.6 Å². The molecule has 1 aromatic carbocycles. The van der Waals surface area contributed by atoms with Crippen LogP contribution in [0.4, 0.5) is 0 Å². The van der Waals surface area contributed by atoms with E-state index in [0.29, 0.717) is 27.6 Å². The minimum atomic E-state index is -0.397. The Labute approximate surface area is 138 Å². The first kappa shape index (κ1) is 17.0. The topological polar surface area (TPSA) is 81.4 Å². The third kappa shape index (κ3) is 3.90. The molecule has 1 unspecified atom stereocenters. The van der Waals surface area contributed by atoms with E-state index < -0.39 is 5.97 Å². The SMILES string of the molecule is COC(=O)CC(C)NC(=O)c1c(-c2ccccc2Cl)noc1C. The summed E-state index contributed by atoms with van der Waals surface area (Å²) < 4.78 is 9.74. The summed E-state index contributed by atoms with van der Waals surface area (Å²) in [7, 11) is 1.30. The number of nitrogens with one attached hydrogen (secondary N) is 1. The van der Waals surface area contributed by atoms with E-state index in [9.17, 15) is 9.59 Å². The molecule has 0 bridgehead atoms. The molecule has 1 N–H and O–H groups in total. The quantitative estimate of drug-likeness (QED) is 0.849. The number of aryl methyl sites for hydroxylation is 1. The van der Waals surface area contributed by atoms with E-state index >= 15 is 0 Å². The summed E-state index contributed by atoms with van der Waals surface area (Å²) in [5.74, 6) is -0.399. The summed E-state index contributed by atoms with van der Waals surface area (Å²) in [6.45, 7) is 3.36. The maximum atomic E-state index is 12.5. The van der Waals surface area contributed by atoms with Crippen molar-refractivity contribution < 1.29 is 18.8 Å². The number of benzene rings is 1. The molecule has 23 heavy (non-hydrogen) atoms. The monoisotopic (exact) mass is 336 g/mol. The molecule has 0 aliphatic rings. The van der Waals surface area contributed by atoms with Gasteiger partial charge in [0.05, 0.1) is 18.6 Å². The van der Waals surface area contributed by atoms with Crippen LogP contribution in [0.3, 0.4) is 0 Å². The number of amides is 1. The van der Waals surface area contributed by atoms with E-state index in [4.69, 9.17) is 16.1 Å². The highest BCUT2D eigenvalue weighted by Gasteiger charge is 2.24. The molecule has 0 radical (unpaired) electrons. The van der Waals surface area contributed by atoms with Gasteiger partial charge in [-0.3, -0.25) is 9.59 Å². The van der Waals surface area contributed by atoms with Crippen molar-refractivity contribution in [3.8, 4) is 11.3 Å². The number of esters is 1. The van der Waals surface area contributed by atoms with Crippen molar-refractivity contribution in [3.05, 3.63) is 40.6 Å². The Bertz CT molecular complexity index is 727. The van der Waals surface area contributed by atoms with Gasteiger partial charge in [-0.15, -0.1) is 0 Å². The fraction of sp³-hybridized carbons (Fsp3) is 0.312. The van der Waals surface area contributed by atoms with E-state index in [1.54, 1.807) is 38.1 Å². The van der Waals surface area contributed by atoms with Gasteiger partial charge in [0.1, 0.15) is 17.0 Å². The molecule has 2 rings (SSSR count). The van der Waals surface area contributed by atoms with Crippen LogP contribution in [0.2, 0.25) is 5.02 Å². The van der Waals surface area contributed by atoms with Crippen molar-refractivity contribution in [2.75, 3.05) is 7.11 Å². The molecular weight excluding hydrogens is 320 g/mol. The molecule has 0 aliphatic carbocycles. The summed E-state index contributed by atoms with van der Waals surface area (Å²) in [5, 5.41) is 7.15. The molecule has 2 aromatic rings. The van der Waals surface area contributed by atoms with Gasteiger partial charge in [-0.2, -0.15) is 0 Å². The van der Waals surface area contributed by atoms with Crippen molar-refractivity contribution in [1.29, 1.82) is 0 Å². The van der Waals surface area contributed by atoms with Gasteiger partial charge in [-0.25, -0.2) is 0 Å². The molecule has 122 valence electrons. The highest BCUT2D eigenvalue weighted by Crippen LogP contribution is 2.30. The smallest absolute Gasteiger partial charge is 0.307 e. The predicted molar refractivity (Wildman–Crippen MR) is 85.2 cm³/mol. The number of halogens is 1.